The van der Waals surface area contributed by atoms with Gasteiger partial charge in [0.15, 0.2) is 0 Å². The van der Waals surface area contributed by atoms with E-state index in [-0.39, 0.29) is 30.0 Å². The molecule has 156 valence electrons. The summed E-state index contributed by atoms with van der Waals surface area (Å²) in [5.41, 5.74) is 2.86. The first kappa shape index (κ1) is 21.5. The molecule has 0 aliphatic carbocycles. The van der Waals surface area contributed by atoms with E-state index in [4.69, 9.17) is 4.74 Å². The molecule has 1 heterocycles. The highest BCUT2D eigenvalue weighted by atomic mass is 32.2. The summed E-state index contributed by atoms with van der Waals surface area (Å²) in [4.78, 5) is 12.7. The van der Waals surface area contributed by atoms with E-state index in [1.807, 2.05) is 38.1 Å². The zero-order valence-corrected chi connectivity index (χ0v) is 17.7. The number of rotatable bonds is 8. The Kier molecular flexibility index (Phi) is 7.05. The van der Waals surface area contributed by atoms with Crippen molar-refractivity contribution < 1.29 is 17.9 Å². The summed E-state index contributed by atoms with van der Waals surface area (Å²) in [7, 11) is -3.82. The molecule has 1 aliphatic rings. The smallest absolute Gasteiger partial charge is 0.243 e. The second kappa shape index (κ2) is 9.52. The van der Waals surface area contributed by atoms with Crippen LogP contribution in [0.1, 0.15) is 29.5 Å². The van der Waals surface area contributed by atoms with Gasteiger partial charge in [0, 0.05) is 19.7 Å². The number of hydrogen-bond acceptors (Lipinski definition) is 4. The second-order valence-electron chi connectivity index (χ2n) is 7.51. The summed E-state index contributed by atoms with van der Waals surface area (Å²) in [6.45, 7) is 4.86. The average molecular weight is 417 g/mol. The van der Waals surface area contributed by atoms with E-state index in [0.29, 0.717) is 13.2 Å². The van der Waals surface area contributed by atoms with Crippen molar-refractivity contribution in [2.45, 2.75) is 44.2 Å². The lowest BCUT2D eigenvalue weighted by Crippen LogP contribution is -2.42. The van der Waals surface area contributed by atoms with Gasteiger partial charge in [-0.25, -0.2) is 8.42 Å². The Morgan fingerprint density at radius 3 is 2.55 bits per heavy atom. The van der Waals surface area contributed by atoms with E-state index >= 15 is 0 Å². The van der Waals surface area contributed by atoms with Crippen molar-refractivity contribution >= 4 is 15.9 Å². The summed E-state index contributed by atoms with van der Waals surface area (Å²) in [6, 6.07) is 14.3. The van der Waals surface area contributed by atoms with Crippen molar-refractivity contribution in [3.05, 3.63) is 65.2 Å². The van der Waals surface area contributed by atoms with Crippen LogP contribution in [0.2, 0.25) is 0 Å². The lowest BCUT2D eigenvalue weighted by atomic mass is 10.1. The van der Waals surface area contributed by atoms with Crippen LogP contribution in [-0.4, -0.2) is 44.4 Å². The van der Waals surface area contributed by atoms with E-state index in [0.717, 1.165) is 29.5 Å². The largest absolute Gasteiger partial charge is 0.376 e. The molecule has 0 aromatic heterocycles. The minimum Gasteiger partial charge on any atom is -0.376 e. The molecular formula is C22H28N2O4S. The Balaban J connectivity index is 1.78. The third-order valence-corrected chi connectivity index (χ3v) is 6.78. The van der Waals surface area contributed by atoms with Crippen LogP contribution in [0.25, 0.3) is 0 Å². The van der Waals surface area contributed by atoms with Crippen LogP contribution < -0.4 is 5.32 Å². The normalized spacial score (nSPS) is 16.9. The van der Waals surface area contributed by atoms with Crippen molar-refractivity contribution in [3.63, 3.8) is 0 Å². The van der Waals surface area contributed by atoms with E-state index in [2.05, 4.69) is 5.32 Å². The first-order valence-electron chi connectivity index (χ1n) is 9.85. The van der Waals surface area contributed by atoms with Crippen molar-refractivity contribution in [1.29, 1.82) is 0 Å². The molecule has 7 heteroatoms. The number of ether oxygens (including phenoxy) is 1. The molecule has 1 aliphatic heterocycles. The number of carbonyl (C=O) groups excluding carboxylic acids is 1. The number of nitrogens with zero attached hydrogens (tertiary/aromatic N) is 1. The van der Waals surface area contributed by atoms with E-state index in [9.17, 15) is 13.2 Å². The Morgan fingerprint density at radius 1 is 1.14 bits per heavy atom. The highest BCUT2D eigenvalue weighted by Crippen LogP contribution is 2.19. The van der Waals surface area contributed by atoms with Crippen LogP contribution in [-0.2, 0) is 26.1 Å². The van der Waals surface area contributed by atoms with Crippen LogP contribution in [0.4, 0.5) is 0 Å². The molecule has 2 aromatic carbocycles. The average Bonchev–Trinajstić information content (AvgIpc) is 3.20. The van der Waals surface area contributed by atoms with Gasteiger partial charge in [-0.3, -0.25) is 4.79 Å². The van der Waals surface area contributed by atoms with Gasteiger partial charge in [0.1, 0.15) is 0 Å². The topological polar surface area (TPSA) is 75.7 Å². The number of aryl methyl sites for hydroxylation is 2. The van der Waals surface area contributed by atoms with Crippen LogP contribution in [0.3, 0.4) is 0 Å². The fourth-order valence-electron chi connectivity index (χ4n) is 3.35. The predicted molar refractivity (Wildman–Crippen MR) is 112 cm³/mol. The van der Waals surface area contributed by atoms with Gasteiger partial charge in [0.25, 0.3) is 0 Å². The van der Waals surface area contributed by atoms with E-state index in [1.165, 1.54) is 4.31 Å². The summed E-state index contributed by atoms with van der Waals surface area (Å²) >= 11 is 0. The SMILES string of the molecule is Cc1ccc(S(=O)(=O)N(CC(=O)NC[C@H]2CCCO2)Cc2cccc(C)c2)cc1. The maximum absolute atomic E-state index is 13.3. The molecule has 6 nitrogen and oxygen atoms in total. The fraction of sp³-hybridized carbons (Fsp3) is 0.409. The van der Waals surface area contributed by atoms with Gasteiger partial charge in [-0.05, 0) is 44.4 Å². The maximum Gasteiger partial charge on any atom is 0.243 e. The molecule has 0 unspecified atom stereocenters. The summed E-state index contributed by atoms with van der Waals surface area (Å²) < 4.78 is 33.3. The zero-order valence-electron chi connectivity index (χ0n) is 16.9. The van der Waals surface area contributed by atoms with Crippen LogP contribution in [0.15, 0.2) is 53.4 Å². The predicted octanol–water partition coefficient (Wildman–Crippen LogP) is 2.79. The number of carbonyl (C=O) groups is 1. The monoisotopic (exact) mass is 416 g/mol. The molecule has 1 saturated heterocycles. The van der Waals surface area contributed by atoms with Gasteiger partial charge in [0.05, 0.1) is 17.5 Å². The maximum atomic E-state index is 13.3. The van der Waals surface area contributed by atoms with E-state index in [1.54, 1.807) is 24.3 Å². The first-order valence-corrected chi connectivity index (χ1v) is 11.3. The van der Waals surface area contributed by atoms with Gasteiger partial charge in [-0.1, -0.05) is 47.5 Å². The Morgan fingerprint density at radius 2 is 1.90 bits per heavy atom. The third-order valence-electron chi connectivity index (χ3n) is 4.97. The first-order chi connectivity index (χ1) is 13.8. The van der Waals surface area contributed by atoms with Crippen molar-refractivity contribution in [3.8, 4) is 0 Å². The molecule has 1 atom stereocenters. The van der Waals surface area contributed by atoms with Crippen LogP contribution in [0.5, 0.6) is 0 Å². The van der Waals surface area contributed by atoms with Crippen molar-refractivity contribution in [2.75, 3.05) is 19.7 Å². The number of hydrogen-bond donors (Lipinski definition) is 1. The Bertz CT molecular complexity index is 936. The molecule has 1 fully saturated rings. The standard InChI is InChI=1S/C22H28N2O4S/c1-17-8-10-21(11-9-17)29(26,27)24(15-19-6-3-5-18(2)13-19)16-22(25)23-14-20-7-4-12-28-20/h3,5-6,8-11,13,20H,4,7,12,14-16H2,1-2H3,(H,23,25)/t20-/m1/s1. The molecule has 0 bridgehead atoms. The van der Waals surface area contributed by atoms with Gasteiger partial charge in [-0.2, -0.15) is 4.31 Å². The second-order valence-corrected chi connectivity index (χ2v) is 9.45. The summed E-state index contributed by atoms with van der Waals surface area (Å²) in [5.74, 6) is -0.330. The molecule has 0 spiro atoms. The minimum absolute atomic E-state index is 0.0119. The zero-order chi connectivity index (χ0) is 20.9. The number of amides is 1. The quantitative estimate of drug-likeness (QED) is 0.718. The molecular weight excluding hydrogens is 388 g/mol. The summed E-state index contributed by atoms with van der Waals surface area (Å²) in [5, 5.41) is 2.81. The highest BCUT2D eigenvalue weighted by molar-refractivity contribution is 7.89. The van der Waals surface area contributed by atoms with E-state index < -0.39 is 10.0 Å². The molecule has 2 aromatic rings. The minimum atomic E-state index is -3.82. The summed E-state index contributed by atoms with van der Waals surface area (Å²) in [6.07, 6.45) is 1.91. The molecule has 3 rings (SSSR count). The van der Waals surface area contributed by atoms with Gasteiger partial charge < -0.3 is 10.1 Å². The van der Waals surface area contributed by atoms with Crippen LogP contribution >= 0.6 is 0 Å². The van der Waals surface area contributed by atoms with Crippen molar-refractivity contribution in [1.82, 2.24) is 9.62 Å². The molecule has 29 heavy (non-hydrogen) atoms. The van der Waals surface area contributed by atoms with Gasteiger partial charge in [0.2, 0.25) is 15.9 Å². The molecule has 1 N–H and O–H groups in total. The lowest BCUT2D eigenvalue weighted by Gasteiger charge is -2.22. The highest BCUT2D eigenvalue weighted by Gasteiger charge is 2.27. The molecule has 0 radical (unpaired) electrons. The number of sulfonamides is 1. The fourth-order valence-corrected chi connectivity index (χ4v) is 4.73. The van der Waals surface area contributed by atoms with Gasteiger partial charge >= 0.3 is 0 Å². The lowest BCUT2D eigenvalue weighted by molar-refractivity contribution is -0.121. The molecule has 1 amide bonds. The Labute approximate surface area is 172 Å². The van der Waals surface area contributed by atoms with Gasteiger partial charge in [-0.15, -0.1) is 0 Å². The number of benzene rings is 2. The number of nitrogens with one attached hydrogen (secondary N) is 1. The van der Waals surface area contributed by atoms with Crippen LogP contribution in [0, 0.1) is 13.8 Å². The Hall–Kier alpha value is -2.22. The molecule has 0 saturated carbocycles. The van der Waals surface area contributed by atoms with Crippen molar-refractivity contribution in [2.24, 2.45) is 0 Å². The third kappa shape index (κ3) is 5.88.